The van der Waals surface area contributed by atoms with Gasteiger partial charge in [-0.15, -0.1) is 10.2 Å². The molecule has 0 spiro atoms. The van der Waals surface area contributed by atoms with Gasteiger partial charge in [0.25, 0.3) is 0 Å². The molecule has 0 radical (unpaired) electrons. The SMILES string of the molecule is CN1C(=O)CCc2cc(-c3nncnc3N)ccc21. The molecule has 0 bridgehead atoms. The van der Waals surface area contributed by atoms with Crippen molar-refractivity contribution >= 4 is 17.4 Å². The van der Waals surface area contributed by atoms with Crippen LogP contribution < -0.4 is 10.6 Å². The second-order valence-corrected chi connectivity index (χ2v) is 4.49. The number of hydrogen-bond acceptors (Lipinski definition) is 5. The van der Waals surface area contributed by atoms with Crippen LogP contribution in [0.1, 0.15) is 12.0 Å². The lowest BCUT2D eigenvalue weighted by molar-refractivity contribution is -0.118. The standard InChI is InChI=1S/C13H13N5O/c1-18-10-4-2-9(6-8(10)3-5-11(18)19)12-13(14)15-7-16-17-12/h2,4,6-7H,3,5H2,1H3,(H2,14,15,16). The van der Waals surface area contributed by atoms with Crippen LogP contribution in [-0.2, 0) is 11.2 Å². The van der Waals surface area contributed by atoms with Crippen molar-refractivity contribution in [2.75, 3.05) is 17.7 Å². The maximum absolute atomic E-state index is 11.6. The minimum Gasteiger partial charge on any atom is -0.382 e. The van der Waals surface area contributed by atoms with Crippen molar-refractivity contribution in [2.24, 2.45) is 0 Å². The van der Waals surface area contributed by atoms with Gasteiger partial charge in [0.2, 0.25) is 5.91 Å². The maximum Gasteiger partial charge on any atom is 0.227 e. The maximum atomic E-state index is 11.6. The van der Waals surface area contributed by atoms with Gasteiger partial charge in [-0.2, -0.15) is 0 Å². The third kappa shape index (κ3) is 1.91. The van der Waals surface area contributed by atoms with E-state index in [9.17, 15) is 4.79 Å². The third-order valence-corrected chi connectivity index (χ3v) is 3.35. The molecule has 0 saturated heterocycles. The van der Waals surface area contributed by atoms with Gasteiger partial charge in [-0.25, -0.2) is 4.98 Å². The Labute approximate surface area is 110 Å². The van der Waals surface area contributed by atoms with Gasteiger partial charge in [-0.1, -0.05) is 6.07 Å². The molecule has 1 aromatic heterocycles. The van der Waals surface area contributed by atoms with Gasteiger partial charge in [-0.3, -0.25) is 4.79 Å². The first-order chi connectivity index (χ1) is 9.16. The van der Waals surface area contributed by atoms with Crippen molar-refractivity contribution in [3.63, 3.8) is 0 Å². The number of carbonyl (C=O) groups excluding carboxylic acids is 1. The van der Waals surface area contributed by atoms with E-state index in [1.807, 2.05) is 18.2 Å². The largest absolute Gasteiger partial charge is 0.382 e. The van der Waals surface area contributed by atoms with Crippen molar-refractivity contribution in [3.8, 4) is 11.3 Å². The molecule has 0 saturated carbocycles. The molecule has 1 amide bonds. The van der Waals surface area contributed by atoms with Crippen LogP contribution in [-0.4, -0.2) is 28.1 Å². The fraction of sp³-hybridized carbons (Fsp3) is 0.231. The van der Waals surface area contributed by atoms with Gasteiger partial charge in [0, 0.05) is 24.7 Å². The van der Waals surface area contributed by atoms with Crippen molar-refractivity contribution < 1.29 is 4.79 Å². The summed E-state index contributed by atoms with van der Waals surface area (Å²) in [6, 6.07) is 5.80. The molecule has 0 unspecified atom stereocenters. The number of benzene rings is 1. The normalized spacial score (nSPS) is 14.4. The Hall–Kier alpha value is -2.50. The lowest BCUT2D eigenvalue weighted by Gasteiger charge is -2.26. The Bertz CT molecular complexity index is 655. The highest BCUT2D eigenvalue weighted by molar-refractivity contribution is 5.96. The fourth-order valence-electron chi connectivity index (χ4n) is 2.29. The number of nitrogens with two attached hydrogens (primary N) is 1. The molecular weight excluding hydrogens is 242 g/mol. The van der Waals surface area contributed by atoms with E-state index < -0.39 is 0 Å². The van der Waals surface area contributed by atoms with Crippen LogP contribution in [0.15, 0.2) is 24.5 Å². The lowest BCUT2D eigenvalue weighted by atomic mass is 9.98. The molecule has 2 N–H and O–H groups in total. The van der Waals surface area contributed by atoms with Crippen LogP contribution in [0, 0.1) is 0 Å². The third-order valence-electron chi connectivity index (χ3n) is 3.35. The molecule has 1 aliphatic heterocycles. The summed E-state index contributed by atoms with van der Waals surface area (Å²) >= 11 is 0. The summed E-state index contributed by atoms with van der Waals surface area (Å²) < 4.78 is 0. The zero-order valence-electron chi connectivity index (χ0n) is 10.5. The summed E-state index contributed by atoms with van der Waals surface area (Å²) in [5.41, 5.74) is 9.30. The number of fused-ring (bicyclic) bond motifs is 1. The molecule has 6 heteroatoms. The Balaban J connectivity index is 2.08. The quantitative estimate of drug-likeness (QED) is 0.822. The molecule has 19 heavy (non-hydrogen) atoms. The Morgan fingerprint density at radius 1 is 1.32 bits per heavy atom. The highest BCUT2D eigenvalue weighted by atomic mass is 16.2. The average Bonchev–Trinajstić information content (AvgIpc) is 2.43. The molecule has 1 aliphatic rings. The number of carbonyl (C=O) groups is 1. The van der Waals surface area contributed by atoms with Crippen molar-refractivity contribution in [1.82, 2.24) is 15.2 Å². The van der Waals surface area contributed by atoms with Crippen LogP contribution in [0.5, 0.6) is 0 Å². The zero-order valence-corrected chi connectivity index (χ0v) is 10.5. The number of nitrogens with zero attached hydrogens (tertiary/aromatic N) is 4. The molecule has 2 heterocycles. The van der Waals surface area contributed by atoms with E-state index in [2.05, 4.69) is 15.2 Å². The second kappa shape index (κ2) is 4.31. The van der Waals surface area contributed by atoms with E-state index in [-0.39, 0.29) is 5.91 Å². The highest BCUT2D eigenvalue weighted by Gasteiger charge is 2.21. The summed E-state index contributed by atoms with van der Waals surface area (Å²) in [7, 11) is 1.79. The van der Waals surface area contributed by atoms with Gasteiger partial charge < -0.3 is 10.6 Å². The number of aromatic nitrogens is 3. The van der Waals surface area contributed by atoms with Gasteiger partial charge in [0.15, 0.2) is 5.82 Å². The molecule has 0 fully saturated rings. The predicted octanol–water partition coefficient (Wildman–Crippen LogP) is 1.03. The number of rotatable bonds is 1. The zero-order chi connectivity index (χ0) is 13.4. The molecular formula is C13H13N5O. The molecule has 1 aromatic carbocycles. The Morgan fingerprint density at radius 3 is 2.95 bits per heavy atom. The number of aryl methyl sites for hydroxylation is 1. The van der Waals surface area contributed by atoms with Crippen LogP contribution in [0.2, 0.25) is 0 Å². The fourth-order valence-corrected chi connectivity index (χ4v) is 2.29. The Morgan fingerprint density at radius 2 is 2.16 bits per heavy atom. The number of amides is 1. The van der Waals surface area contributed by atoms with E-state index >= 15 is 0 Å². The second-order valence-electron chi connectivity index (χ2n) is 4.49. The topological polar surface area (TPSA) is 85.0 Å². The van der Waals surface area contributed by atoms with Crippen LogP contribution in [0.3, 0.4) is 0 Å². The summed E-state index contributed by atoms with van der Waals surface area (Å²) in [4.78, 5) is 17.3. The predicted molar refractivity (Wildman–Crippen MR) is 71.4 cm³/mol. The molecule has 2 aromatic rings. The lowest BCUT2D eigenvalue weighted by Crippen LogP contribution is -2.31. The van der Waals surface area contributed by atoms with E-state index in [1.54, 1.807) is 11.9 Å². The van der Waals surface area contributed by atoms with Gasteiger partial charge >= 0.3 is 0 Å². The minimum absolute atomic E-state index is 0.140. The number of hydrogen-bond donors (Lipinski definition) is 1. The minimum atomic E-state index is 0.140. The van der Waals surface area contributed by atoms with Crippen LogP contribution in [0.4, 0.5) is 11.5 Å². The molecule has 0 aliphatic carbocycles. The van der Waals surface area contributed by atoms with Gasteiger partial charge in [0.1, 0.15) is 12.0 Å². The van der Waals surface area contributed by atoms with E-state index in [1.165, 1.54) is 6.33 Å². The van der Waals surface area contributed by atoms with Gasteiger partial charge in [-0.05, 0) is 24.1 Å². The summed E-state index contributed by atoms with van der Waals surface area (Å²) in [6.45, 7) is 0. The molecule has 6 nitrogen and oxygen atoms in total. The number of nitrogen functional groups attached to an aromatic ring is 1. The van der Waals surface area contributed by atoms with Crippen molar-refractivity contribution in [3.05, 3.63) is 30.1 Å². The van der Waals surface area contributed by atoms with Crippen molar-refractivity contribution in [1.29, 1.82) is 0 Å². The molecule has 3 rings (SSSR count). The number of anilines is 2. The summed E-state index contributed by atoms with van der Waals surface area (Å²) in [5, 5.41) is 7.77. The molecule has 0 atom stereocenters. The highest BCUT2D eigenvalue weighted by Crippen LogP contribution is 2.31. The first kappa shape index (κ1) is 11.6. The average molecular weight is 255 g/mol. The monoisotopic (exact) mass is 255 g/mol. The Kier molecular flexibility index (Phi) is 2.63. The first-order valence-corrected chi connectivity index (χ1v) is 6.00. The van der Waals surface area contributed by atoms with E-state index in [0.717, 1.165) is 23.2 Å². The van der Waals surface area contributed by atoms with Crippen LogP contribution >= 0.6 is 0 Å². The smallest absolute Gasteiger partial charge is 0.227 e. The van der Waals surface area contributed by atoms with Gasteiger partial charge in [0.05, 0.1) is 0 Å². The first-order valence-electron chi connectivity index (χ1n) is 6.00. The van der Waals surface area contributed by atoms with E-state index in [4.69, 9.17) is 5.73 Å². The van der Waals surface area contributed by atoms with Crippen LogP contribution in [0.25, 0.3) is 11.3 Å². The summed E-state index contributed by atoms with van der Waals surface area (Å²) in [5.74, 6) is 0.496. The summed E-state index contributed by atoms with van der Waals surface area (Å²) in [6.07, 6.45) is 2.59. The van der Waals surface area contributed by atoms with E-state index in [0.29, 0.717) is 17.9 Å². The molecule has 96 valence electrons. The van der Waals surface area contributed by atoms with Crippen molar-refractivity contribution in [2.45, 2.75) is 12.8 Å².